The van der Waals surface area contributed by atoms with Crippen LogP contribution in [0.3, 0.4) is 0 Å². The molecule has 0 unspecified atom stereocenters. The lowest BCUT2D eigenvalue weighted by atomic mass is 9.92. The third-order valence-electron chi connectivity index (χ3n) is 11.1. The molecular weight excluding hydrogens is 631 g/mol. The Balaban J connectivity index is 1.35. The highest BCUT2D eigenvalue weighted by molar-refractivity contribution is 6.16. The average molecular weight is 668 g/mol. The number of benzene rings is 8. The second kappa shape index (κ2) is 11.8. The number of anilines is 3. The molecule has 52 heavy (non-hydrogen) atoms. The van der Waals surface area contributed by atoms with Gasteiger partial charge in [-0.25, -0.2) is 0 Å². The highest BCUT2D eigenvalue weighted by atomic mass is 15.1. The molecule has 0 bridgehead atoms. The predicted octanol–water partition coefficient (Wildman–Crippen LogP) is 13.3. The Bertz CT molecular complexity index is 3000. The van der Waals surface area contributed by atoms with Crippen molar-refractivity contribution in [1.29, 1.82) is 0 Å². The molecule has 10 aromatic rings. The van der Waals surface area contributed by atoms with Crippen LogP contribution in [-0.4, -0.2) is 9.13 Å². The maximum atomic E-state index is 2.50. The van der Waals surface area contributed by atoms with Gasteiger partial charge in [0.05, 0.1) is 16.7 Å². The largest absolute Gasteiger partial charge is 0.343 e. The third kappa shape index (κ3) is 4.52. The smallest absolute Gasteiger partial charge is 0.0568 e. The van der Waals surface area contributed by atoms with E-state index < -0.39 is 0 Å². The second-order valence-corrected chi connectivity index (χ2v) is 13.9. The maximum absolute atomic E-state index is 2.50. The minimum Gasteiger partial charge on any atom is -0.343 e. The van der Waals surface area contributed by atoms with E-state index in [0.29, 0.717) is 0 Å². The van der Waals surface area contributed by atoms with Crippen molar-refractivity contribution in [3.8, 4) is 16.8 Å². The van der Waals surface area contributed by atoms with Gasteiger partial charge in [-0.05, 0) is 101 Å². The summed E-state index contributed by atoms with van der Waals surface area (Å²) < 4.78 is 4.72. The van der Waals surface area contributed by atoms with Crippen LogP contribution in [0.5, 0.6) is 0 Å². The van der Waals surface area contributed by atoms with Crippen molar-refractivity contribution in [2.24, 2.45) is 7.05 Å². The van der Waals surface area contributed by atoms with Crippen LogP contribution in [0.4, 0.5) is 17.1 Å². The first kappa shape index (κ1) is 30.3. The Labute approximate surface area is 303 Å². The summed E-state index contributed by atoms with van der Waals surface area (Å²) in [5.74, 6) is 0. The number of fused-ring (bicyclic) bond motifs is 6. The van der Waals surface area contributed by atoms with Crippen molar-refractivity contribution in [2.45, 2.75) is 13.8 Å². The predicted molar refractivity (Wildman–Crippen MR) is 222 cm³/mol. The summed E-state index contributed by atoms with van der Waals surface area (Å²) in [5.41, 5.74) is 13.2. The van der Waals surface area contributed by atoms with Gasteiger partial charge in [0, 0.05) is 57.5 Å². The number of nitrogens with zero attached hydrogens (tertiary/aromatic N) is 3. The molecule has 0 atom stereocenters. The maximum Gasteiger partial charge on any atom is 0.0568 e. The molecule has 8 aromatic carbocycles. The minimum absolute atomic E-state index is 1.13. The van der Waals surface area contributed by atoms with Crippen LogP contribution in [0.15, 0.2) is 170 Å². The molecule has 0 aliphatic rings. The summed E-state index contributed by atoms with van der Waals surface area (Å²) in [6, 6.07) is 59.8. The molecule has 0 fully saturated rings. The average Bonchev–Trinajstić information content (AvgIpc) is 3.75. The number of hydrogen-bond acceptors (Lipinski definition) is 1. The van der Waals surface area contributed by atoms with Gasteiger partial charge in [0.2, 0.25) is 0 Å². The van der Waals surface area contributed by atoms with E-state index in [9.17, 15) is 0 Å². The molecule has 0 saturated heterocycles. The Kier molecular flexibility index (Phi) is 6.84. The van der Waals surface area contributed by atoms with Crippen LogP contribution in [0.1, 0.15) is 11.1 Å². The molecule has 0 amide bonds. The van der Waals surface area contributed by atoms with Crippen molar-refractivity contribution >= 4 is 71.3 Å². The van der Waals surface area contributed by atoms with E-state index >= 15 is 0 Å². The molecule has 0 N–H and O–H groups in total. The van der Waals surface area contributed by atoms with Crippen molar-refractivity contribution in [3.63, 3.8) is 0 Å². The fourth-order valence-electron chi connectivity index (χ4n) is 8.58. The monoisotopic (exact) mass is 667 g/mol. The number of rotatable bonds is 5. The molecule has 0 radical (unpaired) electrons. The number of aromatic nitrogens is 2. The van der Waals surface area contributed by atoms with Gasteiger partial charge in [-0.3, -0.25) is 0 Å². The summed E-state index contributed by atoms with van der Waals surface area (Å²) in [6.45, 7) is 4.58. The molecule has 0 saturated carbocycles. The zero-order valence-corrected chi connectivity index (χ0v) is 29.5. The van der Waals surface area contributed by atoms with Gasteiger partial charge in [-0.2, -0.15) is 0 Å². The molecule has 2 heterocycles. The molecule has 3 nitrogen and oxygen atoms in total. The third-order valence-corrected chi connectivity index (χ3v) is 11.1. The lowest BCUT2D eigenvalue weighted by Crippen LogP contribution is -2.14. The Hall–Kier alpha value is -6.58. The van der Waals surface area contributed by atoms with Crippen LogP contribution in [0.2, 0.25) is 0 Å². The van der Waals surface area contributed by atoms with Gasteiger partial charge >= 0.3 is 0 Å². The summed E-state index contributed by atoms with van der Waals surface area (Å²) in [4.78, 5) is 2.50. The zero-order chi connectivity index (χ0) is 34.9. The van der Waals surface area contributed by atoms with Gasteiger partial charge < -0.3 is 14.0 Å². The molecule has 3 heteroatoms. The summed E-state index contributed by atoms with van der Waals surface area (Å²) in [7, 11) is 2.21. The lowest BCUT2D eigenvalue weighted by molar-refractivity contribution is 1.01. The molecule has 0 aliphatic heterocycles. The van der Waals surface area contributed by atoms with Gasteiger partial charge in [0.1, 0.15) is 0 Å². The Morgan fingerprint density at radius 2 is 1.15 bits per heavy atom. The molecule has 0 spiro atoms. The number of hydrogen-bond donors (Lipinski definition) is 0. The second-order valence-electron chi connectivity index (χ2n) is 13.9. The van der Waals surface area contributed by atoms with Crippen LogP contribution >= 0.6 is 0 Å². The van der Waals surface area contributed by atoms with E-state index in [2.05, 4.69) is 205 Å². The summed E-state index contributed by atoms with van der Waals surface area (Å²) >= 11 is 0. The van der Waals surface area contributed by atoms with E-state index in [1.807, 2.05) is 0 Å². The van der Waals surface area contributed by atoms with Crippen LogP contribution in [-0.2, 0) is 7.05 Å². The fourth-order valence-corrected chi connectivity index (χ4v) is 8.58. The Morgan fingerprint density at radius 1 is 0.462 bits per heavy atom. The van der Waals surface area contributed by atoms with Crippen molar-refractivity contribution in [3.05, 3.63) is 181 Å². The highest BCUT2D eigenvalue weighted by Gasteiger charge is 2.25. The molecule has 248 valence electrons. The van der Waals surface area contributed by atoms with Crippen molar-refractivity contribution in [2.75, 3.05) is 4.90 Å². The normalized spacial score (nSPS) is 11.8. The highest BCUT2D eigenvalue weighted by Crippen LogP contribution is 2.48. The van der Waals surface area contributed by atoms with E-state index in [1.54, 1.807) is 0 Å². The molecule has 10 rings (SSSR count). The summed E-state index contributed by atoms with van der Waals surface area (Å²) in [6.07, 6.45) is 2.23. The van der Waals surface area contributed by atoms with Crippen molar-refractivity contribution in [1.82, 2.24) is 9.13 Å². The quantitative estimate of drug-likeness (QED) is 0.178. The van der Waals surface area contributed by atoms with Crippen LogP contribution < -0.4 is 4.90 Å². The van der Waals surface area contributed by atoms with E-state index in [1.165, 1.54) is 82.2 Å². The lowest BCUT2D eigenvalue weighted by Gasteiger charge is -2.31. The number of para-hydroxylation sites is 3. The first-order chi connectivity index (χ1) is 25.6. The van der Waals surface area contributed by atoms with Gasteiger partial charge in [-0.15, -0.1) is 0 Å². The van der Waals surface area contributed by atoms with Gasteiger partial charge in [0.15, 0.2) is 0 Å². The van der Waals surface area contributed by atoms with E-state index in [-0.39, 0.29) is 0 Å². The topological polar surface area (TPSA) is 13.1 Å². The fraction of sp³-hybridized carbons (Fsp3) is 0.0612. The SMILES string of the molecule is Cc1c(N(c2ccc3ccccc3c2)c2ccc3ccccc3c2C)cc2c(ccn2-c2ccccc2)c1-c1cccc2c3ccccc3n(C)c12. The molecule has 2 aromatic heterocycles. The van der Waals surface area contributed by atoms with E-state index in [0.717, 1.165) is 17.1 Å². The van der Waals surface area contributed by atoms with Gasteiger partial charge in [-0.1, -0.05) is 115 Å². The van der Waals surface area contributed by atoms with E-state index in [4.69, 9.17) is 0 Å². The Morgan fingerprint density at radius 3 is 2.00 bits per heavy atom. The first-order valence-corrected chi connectivity index (χ1v) is 18.0. The number of aryl methyl sites for hydroxylation is 2. The summed E-state index contributed by atoms with van der Waals surface area (Å²) in [5, 5.41) is 8.74. The minimum atomic E-state index is 1.13. The van der Waals surface area contributed by atoms with Crippen LogP contribution in [0.25, 0.3) is 71.1 Å². The zero-order valence-electron chi connectivity index (χ0n) is 29.5. The van der Waals surface area contributed by atoms with Gasteiger partial charge in [0.25, 0.3) is 0 Å². The molecule has 0 aliphatic carbocycles. The first-order valence-electron chi connectivity index (χ1n) is 18.0. The molecular formula is C49H37N3. The van der Waals surface area contributed by atoms with Crippen LogP contribution in [0, 0.1) is 13.8 Å². The van der Waals surface area contributed by atoms with Crippen molar-refractivity contribution < 1.29 is 0 Å². The standard InChI is InChI=1S/C49H37N3/c1-32-39-19-10-9-15-35(39)25-27-44(32)52(38-26-24-34-14-7-8-16-36(34)30-38)46-31-47-42(28-29-51(47)37-17-5-4-6-18-37)48(33(46)2)43-22-13-21-41-40-20-11-12-23-45(40)50(3)49(41)43/h4-31H,1-3H3.